The standard InChI is InChI=1S/C9H12ClNO2S/c1-9(2,13-3)8-11-6(5-14-8)7(12)4-10/h5H,4H2,1-3H3. The lowest BCUT2D eigenvalue weighted by atomic mass is 10.1. The van der Waals surface area contributed by atoms with Crippen LogP contribution < -0.4 is 0 Å². The first-order valence-electron chi connectivity index (χ1n) is 4.11. The summed E-state index contributed by atoms with van der Waals surface area (Å²) in [5.41, 5.74) is -0.0275. The molecule has 0 bridgehead atoms. The highest BCUT2D eigenvalue weighted by Crippen LogP contribution is 2.26. The van der Waals surface area contributed by atoms with E-state index in [1.165, 1.54) is 11.3 Å². The van der Waals surface area contributed by atoms with Gasteiger partial charge in [-0.15, -0.1) is 22.9 Å². The smallest absolute Gasteiger partial charge is 0.196 e. The number of alkyl halides is 1. The summed E-state index contributed by atoms with van der Waals surface area (Å²) in [6.07, 6.45) is 0. The van der Waals surface area contributed by atoms with E-state index in [4.69, 9.17) is 16.3 Å². The Labute approximate surface area is 92.1 Å². The predicted octanol–water partition coefficient (Wildman–Crippen LogP) is 2.45. The molecule has 1 aromatic heterocycles. The first-order valence-corrected chi connectivity index (χ1v) is 5.53. The quantitative estimate of drug-likeness (QED) is 0.592. The van der Waals surface area contributed by atoms with Crippen LogP contribution in [0, 0.1) is 0 Å². The fourth-order valence-electron chi connectivity index (χ4n) is 0.834. The highest BCUT2D eigenvalue weighted by Gasteiger charge is 2.24. The molecule has 78 valence electrons. The van der Waals surface area contributed by atoms with E-state index in [1.54, 1.807) is 12.5 Å². The van der Waals surface area contributed by atoms with Gasteiger partial charge in [-0.1, -0.05) is 0 Å². The maximum atomic E-state index is 11.2. The largest absolute Gasteiger partial charge is 0.372 e. The van der Waals surface area contributed by atoms with Crippen molar-refractivity contribution < 1.29 is 9.53 Å². The average molecular weight is 234 g/mol. The van der Waals surface area contributed by atoms with Gasteiger partial charge in [0, 0.05) is 12.5 Å². The molecule has 1 aromatic rings. The Balaban J connectivity index is 2.93. The van der Waals surface area contributed by atoms with Gasteiger partial charge in [0.2, 0.25) is 0 Å². The number of rotatable bonds is 4. The summed E-state index contributed by atoms with van der Waals surface area (Å²) in [6.45, 7) is 3.81. The van der Waals surface area contributed by atoms with Crippen molar-refractivity contribution in [3.63, 3.8) is 0 Å². The molecule has 0 aliphatic heterocycles. The zero-order chi connectivity index (χ0) is 10.8. The van der Waals surface area contributed by atoms with Crippen LogP contribution in [0.15, 0.2) is 5.38 Å². The van der Waals surface area contributed by atoms with Gasteiger partial charge >= 0.3 is 0 Å². The summed E-state index contributed by atoms with van der Waals surface area (Å²) in [6, 6.07) is 0. The molecular weight excluding hydrogens is 222 g/mol. The molecule has 0 N–H and O–H groups in total. The lowest BCUT2D eigenvalue weighted by molar-refractivity contribution is 0.0189. The maximum Gasteiger partial charge on any atom is 0.196 e. The summed E-state index contributed by atoms with van der Waals surface area (Å²) in [4.78, 5) is 15.4. The topological polar surface area (TPSA) is 39.2 Å². The first-order chi connectivity index (χ1) is 6.51. The van der Waals surface area contributed by atoms with Crippen LogP contribution in [0.2, 0.25) is 0 Å². The monoisotopic (exact) mass is 233 g/mol. The molecule has 3 nitrogen and oxygen atoms in total. The van der Waals surface area contributed by atoms with Crippen molar-refractivity contribution in [1.82, 2.24) is 4.98 Å². The average Bonchev–Trinajstić information content (AvgIpc) is 2.66. The van der Waals surface area contributed by atoms with Crippen LogP contribution in [0.4, 0.5) is 0 Å². The molecule has 0 radical (unpaired) electrons. The highest BCUT2D eigenvalue weighted by atomic mass is 35.5. The molecular formula is C9H12ClNO2S. The van der Waals surface area contributed by atoms with Gasteiger partial charge in [-0.05, 0) is 13.8 Å². The molecule has 0 unspecified atom stereocenters. The molecule has 0 saturated carbocycles. The summed E-state index contributed by atoms with van der Waals surface area (Å²) in [5.74, 6) is -0.183. The van der Waals surface area contributed by atoms with Gasteiger partial charge in [-0.3, -0.25) is 4.79 Å². The molecule has 0 saturated heterocycles. The van der Waals surface area contributed by atoms with Crippen LogP contribution in [0.25, 0.3) is 0 Å². The van der Waals surface area contributed by atoms with Gasteiger partial charge in [-0.25, -0.2) is 4.98 Å². The first kappa shape index (κ1) is 11.6. The second-order valence-corrected chi connectivity index (χ2v) is 4.43. The van der Waals surface area contributed by atoms with Gasteiger partial charge in [0.15, 0.2) is 5.78 Å². The fraction of sp³-hybridized carbons (Fsp3) is 0.556. The van der Waals surface area contributed by atoms with Gasteiger partial charge in [0.1, 0.15) is 16.3 Å². The Morgan fingerprint density at radius 3 is 2.86 bits per heavy atom. The van der Waals surface area contributed by atoms with E-state index in [0.717, 1.165) is 5.01 Å². The number of aromatic nitrogens is 1. The van der Waals surface area contributed by atoms with E-state index in [0.29, 0.717) is 5.69 Å². The third-order valence-corrected chi connectivity index (χ3v) is 3.33. The normalized spacial score (nSPS) is 11.7. The van der Waals surface area contributed by atoms with Crippen LogP contribution >= 0.6 is 22.9 Å². The van der Waals surface area contributed by atoms with Crippen LogP contribution in [0.1, 0.15) is 29.3 Å². The summed E-state index contributed by atoms with van der Waals surface area (Å²) < 4.78 is 5.25. The molecule has 1 rings (SSSR count). The Bertz CT molecular complexity index is 335. The van der Waals surface area contributed by atoms with Crippen molar-refractivity contribution >= 4 is 28.7 Å². The van der Waals surface area contributed by atoms with E-state index < -0.39 is 5.60 Å². The summed E-state index contributed by atoms with van der Waals surface area (Å²) in [7, 11) is 1.62. The molecule has 0 aliphatic carbocycles. The fourth-order valence-corrected chi connectivity index (χ4v) is 1.90. The minimum Gasteiger partial charge on any atom is -0.372 e. The Hall–Kier alpha value is -0.450. The van der Waals surface area contributed by atoms with Crippen LogP contribution in [0.5, 0.6) is 0 Å². The van der Waals surface area contributed by atoms with Crippen molar-refractivity contribution in [2.24, 2.45) is 0 Å². The number of carbonyl (C=O) groups excluding carboxylic acids is 1. The maximum absolute atomic E-state index is 11.2. The second-order valence-electron chi connectivity index (χ2n) is 3.31. The number of ether oxygens (including phenoxy) is 1. The predicted molar refractivity (Wildman–Crippen MR) is 57.2 cm³/mol. The molecule has 0 fully saturated rings. The van der Waals surface area contributed by atoms with E-state index >= 15 is 0 Å². The summed E-state index contributed by atoms with van der Waals surface area (Å²) >= 11 is 6.84. The van der Waals surface area contributed by atoms with E-state index in [2.05, 4.69) is 4.98 Å². The summed E-state index contributed by atoms with van der Waals surface area (Å²) in [5, 5.41) is 2.49. The molecule has 0 spiro atoms. The number of Topliss-reactive ketones (excluding diaryl/α,β-unsaturated/α-hetero) is 1. The Morgan fingerprint density at radius 2 is 2.36 bits per heavy atom. The number of halogens is 1. The molecule has 0 aliphatic rings. The number of methoxy groups -OCH3 is 1. The van der Waals surface area contributed by atoms with E-state index in [-0.39, 0.29) is 11.7 Å². The number of nitrogens with zero attached hydrogens (tertiary/aromatic N) is 1. The number of ketones is 1. The highest BCUT2D eigenvalue weighted by molar-refractivity contribution is 7.10. The lowest BCUT2D eigenvalue weighted by Gasteiger charge is -2.19. The zero-order valence-corrected chi connectivity index (χ0v) is 9.91. The molecule has 0 amide bonds. The van der Waals surface area contributed by atoms with Gasteiger partial charge in [-0.2, -0.15) is 0 Å². The lowest BCUT2D eigenvalue weighted by Crippen LogP contribution is -2.19. The molecule has 0 atom stereocenters. The van der Waals surface area contributed by atoms with E-state index in [9.17, 15) is 4.79 Å². The van der Waals surface area contributed by atoms with Crippen molar-refractivity contribution in [3.8, 4) is 0 Å². The minimum absolute atomic E-state index is 0.0312. The number of hydrogen-bond acceptors (Lipinski definition) is 4. The third kappa shape index (κ3) is 2.32. The van der Waals surface area contributed by atoms with Crippen LogP contribution in [-0.4, -0.2) is 23.8 Å². The third-order valence-electron chi connectivity index (χ3n) is 1.94. The minimum atomic E-state index is -0.449. The zero-order valence-electron chi connectivity index (χ0n) is 8.33. The Kier molecular flexibility index (Phi) is 3.64. The molecule has 14 heavy (non-hydrogen) atoms. The van der Waals surface area contributed by atoms with Gasteiger partial charge in [0.25, 0.3) is 0 Å². The van der Waals surface area contributed by atoms with Gasteiger partial charge in [0.05, 0.1) is 5.88 Å². The van der Waals surface area contributed by atoms with Gasteiger partial charge < -0.3 is 4.74 Å². The molecule has 1 heterocycles. The number of thiazole rings is 1. The van der Waals surface area contributed by atoms with Crippen molar-refractivity contribution in [3.05, 3.63) is 16.1 Å². The van der Waals surface area contributed by atoms with E-state index in [1.807, 2.05) is 13.8 Å². The molecule has 0 aromatic carbocycles. The number of hydrogen-bond donors (Lipinski definition) is 0. The van der Waals surface area contributed by atoms with Crippen LogP contribution in [-0.2, 0) is 10.3 Å². The van der Waals surface area contributed by atoms with Crippen molar-refractivity contribution in [2.45, 2.75) is 19.4 Å². The van der Waals surface area contributed by atoms with Crippen LogP contribution in [0.3, 0.4) is 0 Å². The SMILES string of the molecule is COC(C)(C)c1nc(C(=O)CCl)cs1. The molecule has 5 heteroatoms. The Morgan fingerprint density at radius 1 is 1.71 bits per heavy atom. The second kappa shape index (κ2) is 4.38. The number of carbonyl (C=O) groups is 1. The van der Waals surface area contributed by atoms with Crippen molar-refractivity contribution in [2.75, 3.05) is 13.0 Å². The van der Waals surface area contributed by atoms with Crippen molar-refractivity contribution in [1.29, 1.82) is 0 Å².